The highest BCUT2D eigenvalue weighted by Crippen LogP contribution is 2.34. The molecule has 14 N–H and O–H groups in total. The molecule has 0 spiro atoms. The molecule has 0 radical (unpaired) electrons. The summed E-state index contributed by atoms with van der Waals surface area (Å²) in [5.41, 5.74) is 0. The zero-order chi connectivity index (χ0) is 39.6. The van der Waals surface area contributed by atoms with Crippen LogP contribution in [0.2, 0.25) is 0 Å². The maximum absolute atomic E-state index is 12.4. The molecule has 4 aliphatic heterocycles. The van der Waals surface area contributed by atoms with Crippen LogP contribution >= 0.6 is 0 Å². The molecule has 4 heterocycles. The van der Waals surface area contributed by atoms with Gasteiger partial charge in [0.1, 0.15) is 85.3 Å². The lowest BCUT2D eigenvalue weighted by Crippen LogP contribution is -2.70. The lowest BCUT2D eigenvalue weighted by Gasteiger charge is -2.49. The maximum atomic E-state index is 12.4. The Morgan fingerprint density at radius 3 is 1.43 bits per heavy atom. The van der Waals surface area contributed by atoms with E-state index in [9.17, 15) is 80.5 Å². The smallest absolute Gasteiger partial charge is 0.335 e. The van der Waals surface area contributed by atoms with Gasteiger partial charge in [0.2, 0.25) is 11.8 Å². The molecular formula is C28H44N2O23. The molecule has 20 atom stereocenters. The van der Waals surface area contributed by atoms with E-state index in [1.54, 1.807) is 0 Å². The third-order valence-corrected chi connectivity index (χ3v) is 8.94. The minimum Gasteiger partial charge on any atom is -0.479 e. The largest absolute Gasteiger partial charge is 0.479 e. The van der Waals surface area contributed by atoms with Crippen molar-refractivity contribution in [3.05, 3.63) is 0 Å². The van der Waals surface area contributed by atoms with Crippen LogP contribution in [0.15, 0.2) is 0 Å². The molecule has 53 heavy (non-hydrogen) atoms. The van der Waals surface area contributed by atoms with Crippen LogP contribution in [0, 0.1) is 0 Å². The van der Waals surface area contributed by atoms with Crippen LogP contribution in [-0.4, -0.2) is 221 Å². The van der Waals surface area contributed by atoms with Crippen molar-refractivity contribution in [2.75, 3.05) is 13.2 Å². The number of amides is 2. The van der Waals surface area contributed by atoms with Crippen molar-refractivity contribution < 1.29 is 114 Å². The van der Waals surface area contributed by atoms with Crippen molar-refractivity contribution in [3.8, 4) is 0 Å². The van der Waals surface area contributed by atoms with Crippen molar-refractivity contribution in [3.63, 3.8) is 0 Å². The van der Waals surface area contributed by atoms with Gasteiger partial charge in [-0.15, -0.1) is 0 Å². The van der Waals surface area contributed by atoms with E-state index in [1.165, 1.54) is 0 Å². The first-order valence-corrected chi connectivity index (χ1v) is 16.1. The molecule has 304 valence electrons. The molecule has 4 saturated heterocycles. The van der Waals surface area contributed by atoms with Gasteiger partial charge in [-0.1, -0.05) is 0 Å². The highest BCUT2D eigenvalue weighted by Gasteiger charge is 2.57. The summed E-state index contributed by atoms with van der Waals surface area (Å²) in [6.45, 7) is 0.0908. The molecule has 2 amide bonds. The number of carbonyl (C=O) groups is 4. The van der Waals surface area contributed by atoms with Crippen molar-refractivity contribution in [1.29, 1.82) is 0 Å². The minimum absolute atomic E-state index is 0.715. The third-order valence-electron chi connectivity index (χ3n) is 8.94. The molecule has 25 heteroatoms. The predicted molar refractivity (Wildman–Crippen MR) is 158 cm³/mol. The number of aliphatic carboxylic acids is 2. The zero-order valence-corrected chi connectivity index (χ0v) is 27.8. The first kappa shape index (κ1) is 42.9. The van der Waals surface area contributed by atoms with E-state index in [4.69, 9.17) is 33.2 Å². The van der Waals surface area contributed by atoms with Gasteiger partial charge in [-0.3, -0.25) is 9.59 Å². The van der Waals surface area contributed by atoms with E-state index in [1.807, 2.05) is 0 Å². The first-order valence-electron chi connectivity index (χ1n) is 16.1. The molecule has 0 aromatic rings. The summed E-state index contributed by atoms with van der Waals surface area (Å²) in [7, 11) is 0. The normalized spacial score (nSPS) is 46.3. The van der Waals surface area contributed by atoms with Crippen LogP contribution in [0.4, 0.5) is 0 Å². The monoisotopic (exact) mass is 776 g/mol. The summed E-state index contributed by atoms with van der Waals surface area (Å²) in [5.74, 6) is -5.18. The molecule has 0 saturated carbocycles. The fraction of sp³-hybridized carbons (Fsp3) is 0.857. The number of aliphatic hydroxyl groups excluding tert-OH is 10. The highest BCUT2D eigenvalue weighted by atomic mass is 16.8. The van der Waals surface area contributed by atoms with E-state index >= 15 is 0 Å². The van der Waals surface area contributed by atoms with Crippen molar-refractivity contribution in [1.82, 2.24) is 10.6 Å². The summed E-state index contributed by atoms with van der Waals surface area (Å²) < 4.78 is 38.0. The molecule has 0 aromatic heterocycles. The van der Waals surface area contributed by atoms with Crippen LogP contribution in [0.3, 0.4) is 0 Å². The quantitative estimate of drug-likeness (QED) is 0.0875. The Morgan fingerprint density at radius 2 is 0.943 bits per heavy atom. The second-order valence-electron chi connectivity index (χ2n) is 12.7. The Hall–Kier alpha value is -2.80. The number of hydrogen-bond acceptors (Lipinski definition) is 21. The fourth-order valence-electron chi connectivity index (χ4n) is 6.31. The lowest BCUT2D eigenvalue weighted by atomic mass is 9.94. The summed E-state index contributed by atoms with van der Waals surface area (Å²) in [6.07, 6.45) is -36.1. The molecule has 4 aliphatic rings. The SMILES string of the molecule is CC(=O)NC1[C@H](O[C@@H]2C(C(=O)O)O[C@@H](O[C@H]3C(CO)O[C@@H](O)C(NC(C)=O)[C@@H]3O)C(O)[C@@H]2O)OC(CO)[C@H](O[C@@H]2OC(C(=O)O)[C@@H](O)[C@@H](O)C2O)[C@H]1O. The van der Waals surface area contributed by atoms with E-state index in [0.29, 0.717) is 0 Å². The fourth-order valence-corrected chi connectivity index (χ4v) is 6.31. The minimum atomic E-state index is -2.27. The molecule has 0 aliphatic carbocycles. The molecule has 8 unspecified atom stereocenters. The number of ether oxygens (including phenoxy) is 7. The van der Waals surface area contributed by atoms with Gasteiger partial charge in [-0.25, -0.2) is 9.59 Å². The van der Waals surface area contributed by atoms with Crippen LogP contribution in [0.5, 0.6) is 0 Å². The van der Waals surface area contributed by atoms with Crippen molar-refractivity contribution in [2.24, 2.45) is 0 Å². The van der Waals surface area contributed by atoms with Gasteiger partial charge in [0, 0.05) is 13.8 Å². The molecule has 0 aromatic carbocycles. The summed E-state index contributed by atoms with van der Waals surface area (Å²) in [5, 5.41) is 129. The molecule has 0 bridgehead atoms. The van der Waals surface area contributed by atoms with Gasteiger partial charge in [0.15, 0.2) is 37.4 Å². The lowest BCUT2D eigenvalue weighted by molar-refractivity contribution is -0.371. The molecule has 4 rings (SSSR count). The number of carboxylic acids is 2. The van der Waals surface area contributed by atoms with Gasteiger partial charge in [0.25, 0.3) is 0 Å². The van der Waals surface area contributed by atoms with Crippen LogP contribution in [0.25, 0.3) is 0 Å². The average Bonchev–Trinajstić information content (AvgIpc) is 3.08. The molecular weight excluding hydrogens is 732 g/mol. The number of carboxylic acid groups (broad SMARTS) is 2. The zero-order valence-electron chi connectivity index (χ0n) is 27.8. The topological polar surface area (TPSA) is 400 Å². The van der Waals surface area contributed by atoms with Crippen LogP contribution in [0.1, 0.15) is 13.8 Å². The summed E-state index contributed by atoms with van der Waals surface area (Å²) >= 11 is 0. The van der Waals surface area contributed by atoms with E-state index < -0.39 is 160 Å². The Kier molecular flexibility index (Phi) is 14.4. The third kappa shape index (κ3) is 9.19. The highest BCUT2D eigenvalue weighted by molar-refractivity contribution is 5.74. The summed E-state index contributed by atoms with van der Waals surface area (Å²) in [6, 6.07) is -3.31. The van der Waals surface area contributed by atoms with E-state index in [2.05, 4.69) is 10.6 Å². The Morgan fingerprint density at radius 1 is 0.509 bits per heavy atom. The Balaban J connectivity index is 1.55. The molecule has 25 nitrogen and oxygen atoms in total. The van der Waals surface area contributed by atoms with Crippen molar-refractivity contribution >= 4 is 23.8 Å². The molecule has 4 fully saturated rings. The van der Waals surface area contributed by atoms with E-state index in [0.717, 1.165) is 13.8 Å². The van der Waals surface area contributed by atoms with Gasteiger partial charge < -0.3 is 105 Å². The van der Waals surface area contributed by atoms with Crippen LogP contribution in [-0.2, 0) is 52.3 Å². The maximum Gasteiger partial charge on any atom is 0.335 e. The predicted octanol–water partition coefficient (Wildman–Crippen LogP) is -9.28. The first-order chi connectivity index (χ1) is 24.8. The van der Waals surface area contributed by atoms with Crippen molar-refractivity contribution in [2.45, 2.75) is 137 Å². The number of nitrogens with one attached hydrogen (secondary N) is 2. The van der Waals surface area contributed by atoms with Gasteiger partial charge in [-0.2, -0.15) is 0 Å². The average molecular weight is 777 g/mol. The summed E-state index contributed by atoms with van der Waals surface area (Å²) in [4.78, 5) is 47.7. The van der Waals surface area contributed by atoms with Gasteiger partial charge in [-0.05, 0) is 0 Å². The second-order valence-corrected chi connectivity index (χ2v) is 12.7. The van der Waals surface area contributed by atoms with E-state index in [-0.39, 0.29) is 0 Å². The second kappa shape index (κ2) is 17.8. The number of rotatable bonds is 12. The van der Waals surface area contributed by atoms with Crippen LogP contribution < -0.4 is 10.6 Å². The Bertz CT molecular complexity index is 1300. The number of carbonyl (C=O) groups excluding carboxylic acids is 2. The van der Waals surface area contributed by atoms with Gasteiger partial charge >= 0.3 is 11.9 Å². The Labute approximate surface area is 298 Å². The number of hydrogen-bond donors (Lipinski definition) is 14. The number of aliphatic hydroxyl groups is 10. The van der Waals surface area contributed by atoms with Gasteiger partial charge in [0.05, 0.1) is 13.2 Å². The standard InChI is InChI=1S/C28H44N2O23/c1-5(33)29-9-11(35)18(7(3-31)47-25(9)46)49-28-17(41)15(39)20(22(53-28)24(44)45)51-26-10(30-6(2)34)12(36)19(8(4-32)48-26)50-27-16(40)13(37)14(38)21(52-27)23(42)43/h7-22,25-28,31-32,35-41,46H,3-4H2,1-2H3,(H,29,33)(H,30,34)(H,42,43)(H,44,45)/t7?,8?,9?,10?,11-,12-,13+,14-,15-,16?,17?,18-,19-,20-,21?,22?,25+,26-,27+,28+/m0/s1.